The quantitative estimate of drug-likeness (QED) is 0.698. The van der Waals surface area contributed by atoms with Crippen LogP contribution < -0.4 is 5.73 Å². The van der Waals surface area contributed by atoms with E-state index < -0.39 is 0 Å². The standard InChI is InChI=1S/C7H12ClN3/c1-4(9)6-5(2)10-11(3)7(6)8/h4H,9H2,1-3H3. The molecule has 0 radical (unpaired) electrons. The van der Waals surface area contributed by atoms with E-state index in [0.29, 0.717) is 5.15 Å². The van der Waals surface area contributed by atoms with Crippen molar-refractivity contribution in [3.05, 3.63) is 16.4 Å². The van der Waals surface area contributed by atoms with Crippen LogP contribution in [0, 0.1) is 6.92 Å². The zero-order valence-corrected chi connectivity index (χ0v) is 7.68. The van der Waals surface area contributed by atoms with Crippen LogP contribution in [0.15, 0.2) is 0 Å². The summed E-state index contributed by atoms with van der Waals surface area (Å²) >= 11 is 5.93. The van der Waals surface area contributed by atoms with Crippen molar-refractivity contribution in [2.45, 2.75) is 19.9 Å². The lowest BCUT2D eigenvalue weighted by atomic mass is 10.1. The molecule has 0 aliphatic carbocycles. The fraction of sp³-hybridized carbons (Fsp3) is 0.571. The molecule has 1 rings (SSSR count). The van der Waals surface area contributed by atoms with Gasteiger partial charge in [-0.1, -0.05) is 11.6 Å². The molecule has 0 bridgehead atoms. The van der Waals surface area contributed by atoms with Crippen LogP contribution in [0.2, 0.25) is 5.15 Å². The van der Waals surface area contributed by atoms with Gasteiger partial charge in [0.2, 0.25) is 0 Å². The van der Waals surface area contributed by atoms with E-state index in [-0.39, 0.29) is 6.04 Å². The van der Waals surface area contributed by atoms with Gasteiger partial charge in [-0.05, 0) is 13.8 Å². The number of hydrogen-bond acceptors (Lipinski definition) is 2. The molecule has 0 aliphatic rings. The number of halogens is 1. The van der Waals surface area contributed by atoms with Crippen LogP contribution in [0.25, 0.3) is 0 Å². The second-order valence-corrected chi connectivity index (χ2v) is 3.06. The second kappa shape index (κ2) is 2.83. The van der Waals surface area contributed by atoms with E-state index >= 15 is 0 Å². The predicted molar refractivity (Wildman–Crippen MR) is 45.6 cm³/mol. The van der Waals surface area contributed by atoms with Crippen molar-refractivity contribution in [2.75, 3.05) is 0 Å². The van der Waals surface area contributed by atoms with Crippen molar-refractivity contribution in [3.8, 4) is 0 Å². The Kier molecular flexibility index (Phi) is 2.20. The maximum absolute atomic E-state index is 5.93. The molecule has 4 heteroatoms. The first kappa shape index (κ1) is 8.56. The Balaban J connectivity index is 3.22. The number of aromatic nitrogens is 2. The molecule has 0 amide bonds. The lowest BCUT2D eigenvalue weighted by Crippen LogP contribution is -2.06. The summed E-state index contributed by atoms with van der Waals surface area (Å²) in [4.78, 5) is 0. The average molecular weight is 174 g/mol. The van der Waals surface area contributed by atoms with Crippen LogP contribution in [-0.2, 0) is 7.05 Å². The van der Waals surface area contributed by atoms with E-state index in [2.05, 4.69) is 5.10 Å². The lowest BCUT2D eigenvalue weighted by Gasteiger charge is -2.02. The highest BCUT2D eigenvalue weighted by atomic mass is 35.5. The van der Waals surface area contributed by atoms with E-state index in [9.17, 15) is 0 Å². The largest absolute Gasteiger partial charge is 0.324 e. The molecule has 1 unspecified atom stereocenters. The first-order valence-corrected chi connectivity index (χ1v) is 3.86. The fourth-order valence-corrected chi connectivity index (χ4v) is 1.51. The minimum Gasteiger partial charge on any atom is -0.324 e. The summed E-state index contributed by atoms with van der Waals surface area (Å²) in [7, 11) is 1.81. The fourth-order valence-electron chi connectivity index (χ4n) is 1.16. The number of rotatable bonds is 1. The predicted octanol–water partition coefficient (Wildman–Crippen LogP) is 1.40. The van der Waals surface area contributed by atoms with Crippen molar-refractivity contribution in [1.29, 1.82) is 0 Å². The Morgan fingerprint density at radius 3 is 2.36 bits per heavy atom. The highest BCUT2D eigenvalue weighted by molar-refractivity contribution is 6.30. The molecule has 0 spiro atoms. The summed E-state index contributed by atoms with van der Waals surface area (Å²) in [5.74, 6) is 0. The molecular formula is C7H12ClN3. The molecule has 11 heavy (non-hydrogen) atoms. The summed E-state index contributed by atoms with van der Waals surface area (Å²) < 4.78 is 1.63. The smallest absolute Gasteiger partial charge is 0.131 e. The molecule has 1 aromatic heterocycles. The van der Waals surface area contributed by atoms with Crippen molar-refractivity contribution < 1.29 is 0 Å². The lowest BCUT2D eigenvalue weighted by molar-refractivity contribution is 0.756. The molecule has 62 valence electrons. The van der Waals surface area contributed by atoms with Gasteiger partial charge in [0.15, 0.2) is 0 Å². The summed E-state index contributed by atoms with van der Waals surface area (Å²) in [6, 6.07) is -0.0452. The monoisotopic (exact) mass is 173 g/mol. The third-order valence-corrected chi connectivity index (χ3v) is 2.10. The van der Waals surface area contributed by atoms with Crippen LogP contribution in [0.5, 0.6) is 0 Å². The Bertz CT molecular complexity index is 265. The van der Waals surface area contributed by atoms with Gasteiger partial charge in [0, 0.05) is 18.7 Å². The van der Waals surface area contributed by atoms with Gasteiger partial charge in [0.25, 0.3) is 0 Å². The van der Waals surface area contributed by atoms with E-state index in [1.807, 2.05) is 13.8 Å². The van der Waals surface area contributed by atoms with Crippen LogP contribution >= 0.6 is 11.6 Å². The van der Waals surface area contributed by atoms with Gasteiger partial charge >= 0.3 is 0 Å². The molecule has 1 heterocycles. The zero-order valence-electron chi connectivity index (χ0n) is 6.93. The normalized spacial score (nSPS) is 13.5. The number of nitrogens with zero attached hydrogens (tertiary/aromatic N) is 2. The Morgan fingerprint density at radius 2 is 2.18 bits per heavy atom. The molecule has 0 aliphatic heterocycles. The van der Waals surface area contributed by atoms with Crippen LogP contribution in [0.3, 0.4) is 0 Å². The van der Waals surface area contributed by atoms with Crippen molar-refractivity contribution >= 4 is 11.6 Å². The van der Waals surface area contributed by atoms with E-state index in [4.69, 9.17) is 17.3 Å². The van der Waals surface area contributed by atoms with Gasteiger partial charge in [0.05, 0.1) is 5.69 Å². The molecule has 0 aromatic carbocycles. The molecule has 1 aromatic rings. The SMILES string of the molecule is Cc1nn(C)c(Cl)c1C(C)N. The van der Waals surface area contributed by atoms with Gasteiger partial charge in [0.1, 0.15) is 5.15 Å². The zero-order chi connectivity index (χ0) is 8.59. The van der Waals surface area contributed by atoms with Crippen molar-refractivity contribution in [1.82, 2.24) is 9.78 Å². The molecule has 2 N–H and O–H groups in total. The van der Waals surface area contributed by atoms with Gasteiger partial charge in [-0.25, -0.2) is 0 Å². The van der Waals surface area contributed by atoms with Crippen LogP contribution in [0.4, 0.5) is 0 Å². The number of hydrogen-bond donors (Lipinski definition) is 1. The van der Waals surface area contributed by atoms with Gasteiger partial charge in [-0.3, -0.25) is 4.68 Å². The van der Waals surface area contributed by atoms with E-state index in [0.717, 1.165) is 11.3 Å². The molecule has 3 nitrogen and oxygen atoms in total. The van der Waals surface area contributed by atoms with Gasteiger partial charge in [-0.15, -0.1) is 0 Å². The first-order valence-electron chi connectivity index (χ1n) is 3.48. The minimum atomic E-state index is -0.0452. The van der Waals surface area contributed by atoms with Gasteiger partial charge < -0.3 is 5.73 Å². The molecule has 0 saturated carbocycles. The third-order valence-electron chi connectivity index (χ3n) is 1.65. The van der Waals surface area contributed by atoms with E-state index in [1.54, 1.807) is 11.7 Å². The average Bonchev–Trinajstić information content (AvgIpc) is 2.07. The molecule has 0 saturated heterocycles. The Hall–Kier alpha value is -0.540. The summed E-state index contributed by atoms with van der Waals surface area (Å²) in [6.07, 6.45) is 0. The summed E-state index contributed by atoms with van der Waals surface area (Å²) in [5.41, 5.74) is 7.54. The van der Waals surface area contributed by atoms with Crippen molar-refractivity contribution in [2.24, 2.45) is 12.8 Å². The first-order chi connectivity index (χ1) is 5.04. The van der Waals surface area contributed by atoms with Crippen LogP contribution in [0.1, 0.15) is 24.2 Å². The summed E-state index contributed by atoms with van der Waals surface area (Å²) in [5, 5.41) is 4.77. The Morgan fingerprint density at radius 1 is 1.64 bits per heavy atom. The van der Waals surface area contributed by atoms with Crippen LogP contribution in [-0.4, -0.2) is 9.78 Å². The minimum absolute atomic E-state index is 0.0452. The second-order valence-electron chi connectivity index (χ2n) is 2.70. The summed E-state index contributed by atoms with van der Waals surface area (Å²) in [6.45, 7) is 3.81. The Labute approximate surface area is 71.1 Å². The maximum atomic E-state index is 5.93. The molecule has 1 atom stereocenters. The molecule has 0 fully saturated rings. The topological polar surface area (TPSA) is 43.8 Å². The van der Waals surface area contributed by atoms with E-state index in [1.165, 1.54) is 0 Å². The number of aryl methyl sites for hydroxylation is 2. The molecular weight excluding hydrogens is 162 g/mol. The number of nitrogens with two attached hydrogens (primary N) is 1. The van der Waals surface area contributed by atoms with Crippen molar-refractivity contribution in [3.63, 3.8) is 0 Å². The maximum Gasteiger partial charge on any atom is 0.131 e. The highest BCUT2D eigenvalue weighted by Gasteiger charge is 2.13. The van der Waals surface area contributed by atoms with Gasteiger partial charge in [-0.2, -0.15) is 5.10 Å². The third kappa shape index (κ3) is 1.39. The highest BCUT2D eigenvalue weighted by Crippen LogP contribution is 2.23.